The van der Waals surface area contributed by atoms with E-state index in [0.29, 0.717) is 22.9 Å². The number of imidazole rings is 1. The summed E-state index contributed by atoms with van der Waals surface area (Å²) in [6.45, 7) is 2.32. The SMILES string of the molecule is Cc1cccn2cc(COc3ccc(C(=O)NNC(=O)Cc4ccc(Cl)cc4)cc3)nc12. The smallest absolute Gasteiger partial charge is 0.269 e. The number of aryl methyl sites for hydroxylation is 1. The molecule has 2 N–H and O–H groups in total. The van der Waals surface area contributed by atoms with Crippen molar-refractivity contribution in [2.24, 2.45) is 0 Å². The van der Waals surface area contributed by atoms with Crippen molar-refractivity contribution >= 4 is 29.1 Å². The Hall–Kier alpha value is -3.84. The molecule has 2 amide bonds. The average Bonchev–Trinajstić information content (AvgIpc) is 3.23. The lowest BCUT2D eigenvalue weighted by molar-refractivity contribution is -0.121. The summed E-state index contributed by atoms with van der Waals surface area (Å²) in [7, 11) is 0. The molecular weight excluding hydrogens is 428 g/mol. The van der Waals surface area contributed by atoms with Gasteiger partial charge in [0.1, 0.15) is 18.0 Å². The van der Waals surface area contributed by atoms with E-state index in [1.807, 2.05) is 35.9 Å². The van der Waals surface area contributed by atoms with Gasteiger partial charge in [-0.05, 0) is 60.5 Å². The van der Waals surface area contributed by atoms with Crippen molar-refractivity contribution in [1.82, 2.24) is 20.2 Å². The number of ether oxygens (including phenoxy) is 1. The normalized spacial score (nSPS) is 10.7. The van der Waals surface area contributed by atoms with E-state index in [9.17, 15) is 9.59 Å². The van der Waals surface area contributed by atoms with Gasteiger partial charge in [-0.3, -0.25) is 20.4 Å². The largest absolute Gasteiger partial charge is 0.487 e. The lowest BCUT2D eigenvalue weighted by atomic mass is 10.1. The first-order valence-electron chi connectivity index (χ1n) is 9.97. The molecule has 0 aliphatic heterocycles. The first kappa shape index (κ1) is 21.4. The number of rotatable bonds is 6. The molecule has 32 heavy (non-hydrogen) atoms. The van der Waals surface area contributed by atoms with Gasteiger partial charge in [0, 0.05) is 23.0 Å². The van der Waals surface area contributed by atoms with Gasteiger partial charge in [-0.25, -0.2) is 4.98 Å². The minimum Gasteiger partial charge on any atom is -0.487 e. The minimum absolute atomic E-state index is 0.132. The van der Waals surface area contributed by atoms with Crippen LogP contribution in [0, 0.1) is 6.92 Å². The zero-order valence-electron chi connectivity index (χ0n) is 17.3. The van der Waals surface area contributed by atoms with E-state index < -0.39 is 5.91 Å². The molecule has 0 radical (unpaired) electrons. The molecule has 0 saturated heterocycles. The van der Waals surface area contributed by atoms with Crippen LogP contribution in [0.5, 0.6) is 5.75 Å². The second kappa shape index (κ2) is 9.53. The van der Waals surface area contributed by atoms with Gasteiger partial charge in [0.2, 0.25) is 5.91 Å². The molecule has 2 heterocycles. The Morgan fingerprint density at radius 3 is 2.50 bits per heavy atom. The summed E-state index contributed by atoms with van der Waals surface area (Å²) in [5, 5.41) is 0.600. The Labute approximate surface area is 190 Å². The summed E-state index contributed by atoms with van der Waals surface area (Å²) >= 11 is 5.83. The van der Waals surface area contributed by atoms with Crippen LogP contribution in [0.4, 0.5) is 0 Å². The fraction of sp³-hybridized carbons (Fsp3) is 0.125. The van der Waals surface area contributed by atoms with E-state index >= 15 is 0 Å². The van der Waals surface area contributed by atoms with Crippen molar-refractivity contribution in [1.29, 1.82) is 0 Å². The van der Waals surface area contributed by atoms with Crippen molar-refractivity contribution in [3.8, 4) is 5.75 Å². The monoisotopic (exact) mass is 448 g/mol. The van der Waals surface area contributed by atoms with E-state index in [2.05, 4.69) is 15.8 Å². The lowest BCUT2D eigenvalue weighted by Gasteiger charge is -2.09. The highest BCUT2D eigenvalue weighted by Crippen LogP contribution is 2.16. The number of nitrogens with one attached hydrogen (secondary N) is 2. The predicted molar refractivity (Wildman–Crippen MR) is 121 cm³/mol. The van der Waals surface area contributed by atoms with Crippen LogP contribution in [0.3, 0.4) is 0 Å². The first-order valence-corrected chi connectivity index (χ1v) is 10.4. The third-order valence-electron chi connectivity index (χ3n) is 4.82. The van der Waals surface area contributed by atoms with Crippen LogP contribution in [0.25, 0.3) is 5.65 Å². The topological polar surface area (TPSA) is 84.7 Å². The number of amides is 2. The number of pyridine rings is 1. The van der Waals surface area contributed by atoms with Gasteiger partial charge < -0.3 is 9.14 Å². The first-order chi connectivity index (χ1) is 15.5. The number of hydrogen-bond acceptors (Lipinski definition) is 4. The summed E-state index contributed by atoms with van der Waals surface area (Å²) in [5.41, 5.74) is 8.81. The molecular formula is C24H21ClN4O3. The van der Waals surface area contributed by atoms with Gasteiger partial charge in [-0.15, -0.1) is 0 Å². The predicted octanol–water partition coefficient (Wildman–Crippen LogP) is 3.88. The van der Waals surface area contributed by atoms with Gasteiger partial charge in [0.15, 0.2) is 0 Å². The second-order valence-corrected chi connectivity index (χ2v) is 7.71. The molecule has 0 spiro atoms. The highest BCUT2D eigenvalue weighted by atomic mass is 35.5. The third-order valence-corrected chi connectivity index (χ3v) is 5.08. The molecule has 7 nitrogen and oxygen atoms in total. The number of carbonyl (C=O) groups is 2. The summed E-state index contributed by atoms with van der Waals surface area (Å²) in [6, 6.07) is 17.6. The van der Waals surface area contributed by atoms with Crippen molar-refractivity contribution in [2.75, 3.05) is 0 Å². The highest BCUT2D eigenvalue weighted by molar-refractivity contribution is 6.30. The number of fused-ring (bicyclic) bond motifs is 1. The van der Waals surface area contributed by atoms with Crippen LogP contribution in [0.2, 0.25) is 5.02 Å². The number of aromatic nitrogens is 2. The summed E-state index contributed by atoms with van der Waals surface area (Å²) in [5.74, 6) is -0.137. The van der Waals surface area contributed by atoms with E-state index in [1.165, 1.54) is 0 Å². The average molecular weight is 449 g/mol. The van der Waals surface area contributed by atoms with Crippen molar-refractivity contribution in [3.63, 3.8) is 0 Å². The van der Waals surface area contributed by atoms with Gasteiger partial charge in [0.05, 0.1) is 12.1 Å². The van der Waals surface area contributed by atoms with E-state index in [1.54, 1.807) is 48.5 Å². The van der Waals surface area contributed by atoms with Crippen LogP contribution in [0.1, 0.15) is 27.2 Å². The maximum Gasteiger partial charge on any atom is 0.269 e. The number of hydrazine groups is 1. The summed E-state index contributed by atoms with van der Waals surface area (Å²) < 4.78 is 7.74. The third kappa shape index (κ3) is 5.25. The van der Waals surface area contributed by atoms with Gasteiger partial charge in [0.25, 0.3) is 5.91 Å². The van der Waals surface area contributed by atoms with Gasteiger partial charge >= 0.3 is 0 Å². The second-order valence-electron chi connectivity index (χ2n) is 7.27. The fourth-order valence-electron chi connectivity index (χ4n) is 3.16. The molecule has 0 saturated carbocycles. The van der Waals surface area contributed by atoms with Crippen LogP contribution in [0.15, 0.2) is 73.1 Å². The Balaban J connectivity index is 1.27. The zero-order valence-corrected chi connectivity index (χ0v) is 18.1. The Morgan fingerprint density at radius 1 is 1.03 bits per heavy atom. The quantitative estimate of drug-likeness (QED) is 0.438. The zero-order chi connectivity index (χ0) is 22.5. The number of halogens is 1. The number of benzene rings is 2. The number of hydrogen-bond donors (Lipinski definition) is 2. The van der Waals surface area contributed by atoms with E-state index in [0.717, 1.165) is 22.5 Å². The van der Waals surface area contributed by atoms with Crippen LogP contribution < -0.4 is 15.6 Å². The maximum atomic E-state index is 12.3. The standard InChI is InChI=1S/C24H21ClN4O3/c1-16-3-2-12-29-14-20(26-23(16)29)15-32-21-10-6-18(7-11-21)24(31)28-27-22(30)13-17-4-8-19(25)9-5-17/h2-12,14H,13,15H2,1H3,(H,27,30)(H,28,31). The highest BCUT2D eigenvalue weighted by Gasteiger charge is 2.09. The van der Waals surface area contributed by atoms with Crippen LogP contribution in [-0.2, 0) is 17.8 Å². The molecule has 4 aromatic rings. The fourth-order valence-corrected chi connectivity index (χ4v) is 3.29. The van der Waals surface area contributed by atoms with Crippen molar-refractivity contribution < 1.29 is 14.3 Å². The van der Waals surface area contributed by atoms with E-state index in [-0.39, 0.29) is 12.3 Å². The van der Waals surface area contributed by atoms with Crippen LogP contribution in [-0.4, -0.2) is 21.2 Å². The van der Waals surface area contributed by atoms with Crippen LogP contribution >= 0.6 is 11.6 Å². The summed E-state index contributed by atoms with van der Waals surface area (Å²) in [4.78, 5) is 28.9. The Kier molecular flexibility index (Phi) is 6.37. The van der Waals surface area contributed by atoms with Gasteiger partial charge in [-0.1, -0.05) is 29.8 Å². The molecule has 0 unspecified atom stereocenters. The number of carbonyl (C=O) groups excluding carboxylic acids is 2. The molecule has 0 fully saturated rings. The van der Waals surface area contributed by atoms with E-state index in [4.69, 9.17) is 16.3 Å². The summed E-state index contributed by atoms with van der Waals surface area (Å²) in [6.07, 6.45) is 4.00. The van der Waals surface area contributed by atoms with Crippen molar-refractivity contribution in [3.05, 3.63) is 100 Å². The molecule has 0 atom stereocenters. The Morgan fingerprint density at radius 2 is 1.78 bits per heavy atom. The number of nitrogens with zero attached hydrogens (tertiary/aromatic N) is 2. The molecule has 0 aliphatic carbocycles. The molecule has 4 rings (SSSR count). The molecule has 0 aliphatic rings. The molecule has 162 valence electrons. The molecule has 2 aromatic carbocycles. The lowest BCUT2D eigenvalue weighted by Crippen LogP contribution is -2.42. The molecule has 0 bridgehead atoms. The minimum atomic E-state index is -0.420. The maximum absolute atomic E-state index is 12.3. The molecule has 2 aromatic heterocycles. The van der Waals surface area contributed by atoms with Crippen molar-refractivity contribution in [2.45, 2.75) is 20.0 Å². The van der Waals surface area contributed by atoms with Gasteiger partial charge in [-0.2, -0.15) is 0 Å². The Bertz CT molecular complexity index is 1250. The molecule has 8 heteroatoms.